The van der Waals surface area contributed by atoms with Gasteiger partial charge in [0, 0.05) is 11.7 Å². The van der Waals surface area contributed by atoms with Crippen molar-refractivity contribution in [2.45, 2.75) is 47.1 Å². The second kappa shape index (κ2) is 4.60. The third kappa shape index (κ3) is 2.11. The van der Waals surface area contributed by atoms with Gasteiger partial charge >= 0.3 is 0 Å². The van der Waals surface area contributed by atoms with Crippen LogP contribution in [0.2, 0.25) is 0 Å². The van der Waals surface area contributed by atoms with E-state index in [-0.39, 0.29) is 5.83 Å². The first-order chi connectivity index (χ1) is 7.02. The summed E-state index contributed by atoms with van der Waals surface area (Å²) in [6.45, 7) is 9.82. The van der Waals surface area contributed by atoms with Crippen molar-refractivity contribution in [2.24, 2.45) is 0 Å². The Hall–Kier alpha value is -1.12. The summed E-state index contributed by atoms with van der Waals surface area (Å²) in [4.78, 5) is 4.29. The molecule has 0 saturated heterocycles. The minimum atomic E-state index is -0.227. The lowest BCUT2D eigenvalue weighted by molar-refractivity contribution is 0.560. The number of hydrogen-bond donors (Lipinski definition) is 0. The van der Waals surface area contributed by atoms with Gasteiger partial charge in [-0.25, -0.2) is 9.37 Å². The summed E-state index contributed by atoms with van der Waals surface area (Å²) in [7, 11) is 0. The Morgan fingerprint density at radius 2 is 2.13 bits per heavy atom. The molecule has 0 aromatic carbocycles. The molecule has 3 heteroatoms. The van der Waals surface area contributed by atoms with Gasteiger partial charge in [-0.15, -0.1) is 0 Å². The summed E-state index contributed by atoms with van der Waals surface area (Å²) in [5.74, 6) is 0.656. The maximum atomic E-state index is 13.6. The second-order valence-corrected chi connectivity index (χ2v) is 3.91. The molecule has 0 unspecified atom stereocenters. The van der Waals surface area contributed by atoms with E-state index in [1.54, 1.807) is 6.92 Å². The van der Waals surface area contributed by atoms with Crippen molar-refractivity contribution in [1.29, 1.82) is 0 Å². The van der Waals surface area contributed by atoms with Crippen molar-refractivity contribution in [3.63, 3.8) is 0 Å². The number of aromatic nitrogens is 2. The highest BCUT2D eigenvalue weighted by atomic mass is 19.1. The maximum Gasteiger partial charge on any atom is 0.146 e. The molecule has 2 nitrogen and oxygen atoms in total. The molecule has 0 N–H and O–H groups in total. The summed E-state index contributed by atoms with van der Waals surface area (Å²) < 4.78 is 15.6. The van der Waals surface area contributed by atoms with Gasteiger partial charge in [0.25, 0.3) is 0 Å². The van der Waals surface area contributed by atoms with Gasteiger partial charge in [-0.1, -0.05) is 6.92 Å². The van der Waals surface area contributed by atoms with E-state index in [1.165, 1.54) is 6.08 Å². The van der Waals surface area contributed by atoms with Gasteiger partial charge in [-0.2, -0.15) is 0 Å². The SMILES string of the molecule is C/C=C(/F)c1nc(C)n(C(C)C)c1CC. The first-order valence-corrected chi connectivity index (χ1v) is 5.42. The van der Waals surface area contributed by atoms with Gasteiger partial charge in [-0.05, 0) is 40.2 Å². The molecule has 0 aliphatic heterocycles. The lowest BCUT2D eigenvalue weighted by Crippen LogP contribution is -2.07. The molecular weight excluding hydrogens is 191 g/mol. The predicted molar refractivity (Wildman–Crippen MR) is 61.5 cm³/mol. The Morgan fingerprint density at radius 1 is 1.53 bits per heavy atom. The monoisotopic (exact) mass is 210 g/mol. The molecule has 0 saturated carbocycles. The number of hydrogen-bond acceptors (Lipinski definition) is 1. The number of halogens is 1. The first kappa shape index (κ1) is 12.0. The minimum absolute atomic E-state index is 0.227. The largest absolute Gasteiger partial charge is 0.329 e. The molecule has 0 spiro atoms. The molecule has 0 radical (unpaired) electrons. The van der Waals surface area contributed by atoms with Crippen LogP contribution in [0.1, 0.15) is 50.9 Å². The van der Waals surface area contributed by atoms with Crippen LogP contribution >= 0.6 is 0 Å². The Kier molecular flexibility index (Phi) is 3.66. The van der Waals surface area contributed by atoms with E-state index < -0.39 is 0 Å². The highest BCUT2D eigenvalue weighted by molar-refractivity contribution is 5.57. The molecule has 0 aliphatic carbocycles. The molecule has 1 heterocycles. The topological polar surface area (TPSA) is 17.8 Å². The molecule has 84 valence electrons. The van der Waals surface area contributed by atoms with Crippen LogP contribution in [0.15, 0.2) is 6.08 Å². The van der Waals surface area contributed by atoms with Crippen LogP contribution in [0.3, 0.4) is 0 Å². The van der Waals surface area contributed by atoms with Crippen molar-refractivity contribution >= 4 is 5.83 Å². The zero-order valence-electron chi connectivity index (χ0n) is 10.1. The molecule has 1 aromatic heterocycles. The van der Waals surface area contributed by atoms with Gasteiger partial charge in [0.2, 0.25) is 0 Å². The van der Waals surface area contributed by atoms with Crippen LogP contribution in [-0.2, 0) is 6.42 Å². The summed E-state index contributed by atoms with van der Waals surface area (Å²) in [5.41, 5.74) is 1.49. The zero-order valence-corrected chi connectivity index (χ0v) is 10.1. The van der Waals surface area contributed by atoms with Crippen LogP contribution in [0.25, 0.3) is 5.83 Å². The molecule has 0 amide bonds. The van der Waals surface area contributed by atoms with E-state index in [1.807, 2.05) is 13.8 Å². The highest BCUT2D eigenvalue weighted by Crippen LogP contribution is 2.24. The van der Waals surface area contributed by atoms with Crippen molar-refractivity contribution in [3.8, 4) is 0 Å². The van der Waals surface area contributed by atoms with Crippen molar-refractivity contribution in [1.82, 2.24) is 9.55 Å². The van der Waals surface area contributed by atoms with E-state index in [4.69, 9.17) is 0 Å². The smallest absolute Gasteiger partial charge is 0.146 e. The van der Waals surface area contributed by atoms with Crippen LogP contribution in [0.4, 0.5) is 4.39 Å². The molecule has 1 aromatic rings. The highest BCUT2D eigenvalue weighted by Gasteiger charge is 2.17. The van der Waals surface area contributed by atoms with E-state index in [0.717, 1.165) is 17.9 Å². The molecule has 0 atom stereocenters. The van der Waals surface area contributed by atoms with Crippen LogP contribution in [-0.4, -0.2) is 9.55 Å². The van der Waals surface area contributed by atoms with Crippen LogP contribution in [0, 0.1) is 6.92 Å². The molecular formula is C12H19FN2. The van der Waals surface area contributed by atoms with Gasteiger partial charge in [0.15, 0.2) is 0 Å². The fourth-order valence-corrected chi connectivity index (χ4v) is 1.94. The Labute approximate surface area is 90.8 Å². The molecule has 0 aliphatic rings. The summed E-state index contributed by atoms with van der Waals surface area (Å²) in [5, 5.41) is 0. The average Bonchev–Trinajstić information content (AvgIpc) is 2.53. The van der Waals surface area contributed by atoms with Gasteiger partial charge in [-0.3, -0.25) is 0 Å². The Bertz CT molecular complexity index is 375. The van der Waals surface area contributed by atoms with Gasteiger partial charge in [0.1, 0.15) is 17.3 Å². The van der Waals surface area contributed by atoms with E-state index in [0.29, 0.717) is 11.7 Å². The third-order valence-electron chi connectivity index (χ3n) is 2.52. The van der Waals surface area contributed by atoms with Gasteiger partial charge in [0.05, 0.1) is 0 Å². The number of allylic oxidation sites excluding steroid dienone is 1. The normalized spacial score (nSPS) is 12.6. The zero-order chi connectivity index (χ0) is 11.6. The summed E-state index contributed by atoms with van der Waals surface area (Å²) >= 11 is 0. The Balaban J connectivity index is 3.37. The predicted octanol–water partition coefficient (Wildman–Crippen LogP) is 3.67. The van der Waals surface area contributed by atoms with E-state index in [9.17, 15) is 4.39 Å². The van der Waals surface area contributed by atoms with Crippen molar-refractivity contribution in [3.05, 3.63) is 23.3 Å². The molecule has 0 fully saturated rings. The minimum Gasteiger partial charge on any atom is -0.329 e. The number of rotatable bonds is 3. The second-order valence-electron chi connectivity index (χ2n) is 3.91. The average molecular weight is 210 g/mol. The quantitative estimate of drug-likeness (QED) is 0.744. The van der Waals surface area contributed by atoms with E-state index >= 15 is 0 Å². The molecule has 15 heavy (non-hydrogen) atoms. The lowest BCUT2D eigenvalue weighted by atomic mass is 10.2. The van der Waals surface area contributed by atoms with E-state index in [2.05, 4.69) is 23.4 Å². The fraction of sp³-hybridized carbons (Fsp3) is 0.583. The van der Waals surface area contributed by atoms with Crippen LogP contribution < -0.4 is 0 Å². The van der Waals surface area contributed by atoms with Crippen LogP contribution in [0.5, 0.6) is 0 Å². The fourth-order valence-electron chi connectivity index (χ4n) is 1.94. The Morgan fingerprint density at radius 3 is 2.53 bits per heavy atom. The van der Waals surface area contributed by atoms with Gasteiger partial charge < -0.3 is 4.57 Å². The molecule has 1 rings (SSSR count). The summed E-state index contributed by atoms with van der Waals surface area (Å²) in [6.07, 6.45) is 2.27. The molecule has 0 bridgehead atoms. The van der Waals surface area contributed by atoms with Crippen molar-refractivity contribution in [2.75, 3.05) is 0 Å². The standard InChI is InChI=1S/C12H19FN2/c1-6-10(13)12-11(7-2)15(8(3)4)9(5)14-12/h6,8H,7H2,1-5H3/b10-6+. The summed E-state index contributed by atoms with van der Waals surface area (Å²) in [6, 6.07) is 0.325. The third-order valence-corrected chi connectivity index (χ3v) is 2.52. The number of aryl methyl sites for hydroxylation is 1. The number of nitrogens with zero attached hydrogens (tertiary/aromatic N) is 2. The lowest BCUT2D eigenvalue weighted by Gasteiger charge is -2.13. The van der Waals surface area contributed by atoms with Crippen molar-refractivity contribution < 1.29 is 4.39 Å². The number of imidazole rings is 1. The maximum absolute atomic E-state index is 13.6. The first-order valence-electron chi connectivity index (χ1n) is 5.42.